The van der Waals surface area contributed by atoms with Crippen LogP contribution in [0, 0.1) is 6.92 Å². The number of aromatic nitrogens is 2. The summed E-state index contributed by atoms with van der Waals surface area (Å²) in [6.07, 6.45) is 5.88. The third-order valence-electron chi connectivity index (χ3n) is 8.19. The van der Waals surface area contributed by atoms with Crippen LogP contribution in [-0.4, -0.2) is 45.8 Å². The molecule has 0 atom stereocenters. The van der Waals surface area contributed by atoms with Crippen molar-refractivity contribution in [1.82, 2.24) is 15.0 Å². The van der Waals surface area contributed by atoms with Crippen LogP contribution in [0.1, 0.15) is 28.8 Å². The monoisotopic (exact) mass is 729 g/mol. The molecule has 4 heterocycles. The third kappa shape index (κ3) is 5.69. The van der Waals surface area contributed by atoms with E-state index in [1.54, 1.807) is 42.7 Å². The molecule has 3 aliphatic rings. The zero-order valence-electron chi connectivity index (χ0n) is 25.6. The van der Waals surface area contributed by atoms with Crippen molar-refractivity contribution in [2.24, 2.45) is 0 Å². The van der Waals surface area contributed by atoms with E-state index in [0.717, 1.165) is 11.6 Å². The summed E-state index contributed by atoms with van der Waals surface area (Å²) >= 11 is 13.4. The number of halogens is 2. The van der Waals surface area contributed by atoms with E-state index in [1.165, 1.54) is 24.5 Å². The van der Waals surface area contributed by atoms with Crippen LogP contribution in [0.5, 0.6) is 0 Å². The molecular formula is C35H21Cl2N3O9S. The molecule has 7 rings (SSSR count). The van der Waals surface area contributed by atoms with E-state index < -0.39 is 48.8 Å². The van der Waals surface area contributed by atoms with Gasteiger partial charge in [-0.1, -0.05) is 35.3 Å². The number of carbonyl (C=O) groups excluding carboxylic acids is 3. The Hall–Kier alpha value is -5.47. The summed E-state index contributed by atoms with van der Waals surface area (Å²) in [4.78, 5) is 63.2. The lowest BCUT2D eigenvalue weighted by Crippen LogP contribution is -2.32. The highest BCUT2D eigenvalue weighted by Crippen LogP contribution is 2.49. The van der Waals surface area contributed by atoms with Gasteiger partial charge in [-0.2, -0.15) is 8.42 Å². The molecule has 2 aromatic heterocycles. The predicted octanol–water partition coefficient (Wildman–Crippen LogP) is 6.77. The molecule has 1 fully saturated rings. The first-order chi connectivity index (χ1) is 23.8. The number of imide groups is 1. The van der Waals surface area contributed by atoms with E-state index in [0.29, 0.717) is 22.1 Å². The molecule has 1 saturated heterocycles. The first kappa shape index (κ1) is 33.0. The van der Waals surface area contributed by atoms with Gasteiger partial charge in [-0.05, 0) is 54.4 Å². The van der Waals surface area contributed by atoms with Gasteiger partial charge in [0.05, 0.1) is 15.6 Å². The van der Waals surface area contributed by atoms with Crippen molar-refractivity contribution >= 4 is 62.1 Å². The minimum atomic E-state index is -5.30. The van der Waals surface area contributed by atoms with Gasteiger partial charge in [0.15, 0.2) is 5.43 Å². The highest BCUT2D eigenvalue weighted by atomic mass is 35.5. The number of carbonyl (C=O) groups is 3. The Morgan fingerprint density at radius 1 is 0.880 bits per heavy atom. The minimum Gasteiger partial charge on any atom is -0.456 e. The number of amides is 2. The molecule has 50 heavy (non-hydrogen) atoms. The molecule has 0 unspecified atom stereocenters. The van der Waals surface area contributed by atoms with Crippen molar-refractivity contribution in [3.63, 3.8) is 0 Å². The van der Waals surface area contributed by atoms with Gasteiger partial charge in [0.1, 0.15) is 16.2 Å². The topological polar surface area (TPSA) is 174 Å². The van der Waals surface area contributed by atoms with Gasteiger partial charge in [-0.25, -0.2) is 4.79 Å². The molecule has 4 aromatic rings. The lowest BCUT2D eigenvalue weighted by atomic mass is 9.89. The number of benzene rings is 3. The second-order valence-electron chi connectivity index (χ2n) is 11.3. The van der Waals surface area contributed by atoms with Gasteiger partial charge < -0.3 is 9.25 Å². The summed E-state index contributed by atoms with van der Waals surface area (Å²) in [7, 11) is -5.30. The van der Waals surface area contributed by atoms with Gasteiger partial charge in [0, 0.05) is 82.5 Å². The second-order valence-corrected chi connectivity index (χ2v) is 13.5. The molecule has 2 aliphatic heterocycles. The zero-order valence-corrected chi connectivity index (χ0v) is 28.0. The standard InChI is InChI=1S/C35H21Cl2N3O9S/c1-17-10-27-22(11-20(17)18-4-2-8-38-15-18)31(23-12-21(19-5-3-9-39-16-19)26(41)14-28(23)48-27)32-25(36)13-24(33(37)34(32)50(45,46)47)35(44)49-40-29(42)6-7-30(40)43/h2-5,8-16H,6-7H2,1H3,(H,45,46,47). The largest absolute Gasteiger partial charge is 0.456 e. The van der Waals surface area contributed by atoms with Crippen molar-refractivity contribution in [3.8, 4) is 44.7 Å². The number of pyridine rings is 2. The Morgan fingerprint density at radius 3 is 2.12 bits per heavy atom. The number of fused-ring (bicyclic) bond motifs is 2. The van der Waals surface area contributed by atoms with E-state index in [4.69, 9.17) is 32.5 Å². The first-order valence-corrected chi connectivity index (χ1v) is 17.0. The third-order valence-corrected chi connectivity index (χ3v) is 9.92. The van der Waals surface area contributed by atoms with Crippen LogP contribution in [0.4, 0.5) is 0 Å². The molecule has 15 heteroatoms. The fourth-order valence-corrected chi connectivity index (χ4v) is 7.61. The summed E-state index contributed by atoms with van der Waals surface area (Å²) in [6, 6.07) is 14.0. The molecule has 0 spiro atoms. The van der Waals surface area contributed by atoms with Crippen molar-refractivity contribution in [3.05, 3.63) is 111 Å². The average molecular weight is 731 g/mol. The van der Waals surface area contributed by atoms with Gasteiger partial charge in [0.2, 0.25) is 0 Å². The quantitative estimate of drug-likeness (QED) is 0.109. The maximum Gasteiger partial charge on any atom is 0.365 e. The Kier molecular flexibility index (Phi) is 8.23. The molecule has 0 radical (unpaired) electrons. The van der Waals surface area contributed by atoms with E-state index in [2.05, 4.69) is 9.97 Å². The molecule has 0 saturated carbocycles. The fourth-order valence-electron chi connectivity index (χ4n) is 5.93. The average Bonchev–Trinajstić information content (AvgIpc) is 3.40. The van der Waals surface area contributed by atoms with Crippen LogP contribution in [0.15, 0.2) is 93.5 Å². The summed E-state index contributed by atoms with van der Waals surface area (Å²) in [5.74, 6) is -2.91. The lowest BCUT2D eigenvalue weighted by Gasteiger charge is -2.22. The molecule has 1 aliphatic carbocycles. The normalized spacial score (nSPS) is 13.4. The van der Waals surface area contributed by atoms with Crippen molar-refractivity contribution < 1.29 is 36.6 Å². The number of hydrogen-bond acceptors (Lipinski definition) is 10. The predicted molar refractivity (Wildman–Crippen MR) is 182 cm³/mol. The van der Waals surface area contributed by atoms with Gasteiger partial charge in [-0.15, -0.1) is 5.06 Å². The number of rotatable bonds is 6. The summed E-state index contributed by atoms with van der Waals surface area (Å²) < 4.78 is 43.4. The number of nitrogens with zero attached hydrogens (tertiary/aromatic N) is 3. The van der Waals surface area contributed by atoms with Crippen molar-refractivity contribution in [1.29, 1.82) is 0 Å². The van der Waals surface area contributed by atoms with Gasteiger partial charge in [-0.3, -0.25) is 28.9 Å². The molecule has 2 amide bonds. The Labute approximate surface area is 292 Å². The molecule has 250 valence electrons. The Balaban J connectivity index is 1.59. The van der Waals surface area contributed by atoms with Crippen molar-refractivity contribution in [2.45, 2.75) is 24.7 Å². The van der Waals surface area contributed by atoms with E-state index >= 15 is 0 Å². The number of aryl methyl sites for hydroxylation is 1. The molecule has 12 nitrogen and oxygen atoms in total. The van der Waals surface area contributed by atoms with Crippen LogP contribution >= 0.6 is 23.2 Å². The first-order valence-electron chi connectivity index (χ1n) is 14.8. The number of hydrogen-bond donors (Lipinski definition) is 1. The van der Waals surface area contributed by atoms with Gasteiger partial charge >= 0.3 is 5.97 Å². The Morgan fingerprint density at radius 2 is 1.52 bits per heavy atom. The smallest absolute Gasteiger partial charge is 0.365 e. The highest BCUT2D eigenvalue weighted by Gasteiger charge is 2.36. The minimum absolute atomic E-state index is 0.0432. The van der Waals surface area contributed by atoms with Crippen LogP contribution in [0.2, 0.25) is 10.0 Å². The van der Waals surface area contributed by atoms with E-state index in [1.807, 2.05) is 13.0 Å². The maximum absolute atomic E-state index is 13.4. The van der Waals surface area contributed by atoms with E-state index in [9.17, 15) is 32.1 Å². The van der Waals surface area contributed by atoms with Crippen LogP contribution in [0.3, 0.4) is 0 Å². The number of hydroxylamine groups is 2. The lowest BCUT2D eigenvalue weighted by molar-refractivity contribution is -0.172. The summed E-state index contributed by atoms with van der Waals surface area (Å²) in [6.45, 7) is 1.83. The zero-order chi connectivity index (χ0) is 35.5. The van der Waals surface area contributed by atoms with Gasteiger partial charge in [0.25, 0.3) is 21.9 Å². The second kappa shape index (κ2) is 12.4. The summed E-state index contributed by atoms with van der Waals surface area (Å²) in [5, 5.41) is -0.634. The van der Waals surface area contributed by atoms with Crippen LogP contribution in [-0.2, 0) is 24.5 Å². The maximum atomic E-state index is 13.4. The van der Waals surface area contributed by atoms with Crippen LogP contribution < -0.4 is 5.43 Å². The molecular weight excluding hydrogens is 709 g/mol. The summed E-state index contributed by atoms with van der Waals surface area (Å²) in [5.41, 5.74) is 1.89. The fraction of sp³-hybridized carbons (Fsp3) is 0.0857. The van der Waals surface area contributed by atoms with Crippen molar-refractivity contribution in [2.75, 3.05) is 0 Å². The molecule has 2 aromatic carbocycles. The van der Waals surface area contributed by atoms with Crippen LogP contribution in [0.25, 0.3) is 55.7 Å². The molecule has 0 bridgehead atoms. The van der Waals surface area contributed by atoms with E-state index in [-0.39, 0.29) is 56.5 Å². The Bertz CT molecular complexity index is 2540. The highest BCUT2D eigenvalue weighted by molar-refractivity contribution is 7.86. The molecule has 1 N–H and O–H groups in total. The SMILES string of the molecule is Cc1cc2oc3cc(=O)c(-c4cccnc4)cc-3c(-c3c(Cl)cc(C(=O)ON4C(=O)CCC4=O)c(Cl)c3S(=O)(=O)O)c2cc1-c1cccnc1.